The number of anilines is 3. The molecule has 0 bridgehead atoms. The molecule has 2 N–H and O–H groups in total. The number of nitrogens with zero attached hydrogens (tertiary/aromatic N) is 1. The van der Waals surface area contributed by atoms with E-state index in [1.54, 1.807) is 12.3 Å². The number of nitrogens with one attached hydrogen (secondary N) is 2. The molecule has 0 radical (unpaired) electrons. The van der Waals surface area contributed by atoms with E-state index >= 15 is 0 Å². The number of benzene rings is 2. The van der Waals surface area contributed by atoms with Gasteiger partial charge in [0.1, 0.15) is 5.82 Å². The number of hydrogen-bond acceptors (Lipinski definition) is 4. The first-order chi connectivity index (χ1) is 12.2. The Labute approximate surface area is 145 Å². The summed E-state index contributed by atoms with van der Waals surface area (Å²) in [4.78, 5) is 14.3. The maximum atomic E-state index is 13.4. The Balaban J connectivity index is 1.50. The minimum atomic E-state index is -0.365. The zero-order valence-corrected chi connectivity index (χ0v) is 13.6. The van der Waals surface area contributed by atoms with Gasteiger partial charge < -0.3 is 20.3 Å². The summed E-state index contributed by atoms with van der Waals surface area (Å²) < 4.78 is 18.8. The van der Waals surface area contributed by atoms with E-state index in [1.165, 1.54) is 12.1 Å². The number of ether oxygens (including phenoxy) is 1. The predicted octanol–water partition coefficient (Wildman–Crippen LogP) is 3.07. The summed E-state index contributed by atoms with van der Waals surface area (Å²) in [5, 5.41) is 5.85. The fourth-order valence-electron chi connectivity index (χ4n) is 3.05. The second-order valence-electron chi connectivity index (χ2n) is 5.99. The van der Waals surface area contributed by atoms with Gasteiger partial charge in [-0.3, -0.25) is 4.79 Å². The first-order valence-electron chi connectivity index (χ1n) is 8.21. The molecule has 2 aromatic carbocycles. The highest BCUT2D eigenvalue weighted by Crippen LogP contribution is 2.32. The molecule has 2 aromatic rings. The molecule has 128 valence electrons. The summed E-state index contributed by atoms with van der Waals surface area (Å²) in [5.41, 5.74) is 3.63. The van der Waals surface area contributed by atoms with Gasteiger partial charge in [0.15, 0.2) is 0 Å². The molecule has 0 saturated carbocycles. The van der Waals surface area contributed by atoms with Gasteiger partial charge >= 0.3 is 0 Å². The molecule has 1 saturated heterocycles. The molecule has 2 aliphatic heterocycles. The number of morpholine rings is 1. The summed E-state index contributed by atoms with van der Waals surface area (Å²) >= 11 is 0. The van der Waals surface area contributed by atoms with Crippen LogP contribution in [0.2, 0.25) is 0 Å². The van der Waals surface area contributed by atoms with Gasteiger partial charge in [0, 0.05) is 41.9 Å². The number of amides is 1. The number of fused-ring (bicyclic) bond motifs is 1. The topological polar surface area (TPSA) is 53.6 Å². The molecule has 6 heteroatoms. The Kier molecular flexibility index (Phi) is 4.11. The van der Waals surface area contributed by atoms with Crippen molar-refractivity contribution in [2.75, 3.05) is 41.8 Å². The fraction of sp³-hybridized carbons (Fsp3) is 0.211. The zero-order valence-electron chi connectivity index (χ0n) is 13.6. The molecule has 1 amide bonds. The molecule has 5 nitrogen and oxygen atoms in total. The molecule has 0 unspecified atom stereocenters. The van der Waals surface area contributed by atoms with Crippen LogP contribution in [0.25, 0.3) is 5.57 Å². The van der Waals surface area contributed by atoms with Crippen LogP contribution >= 0.6 is 0 Å². The molecule has 2 aliphatic rings. The van der Waals surface area contributed by atoms with E-state index < -0.39 is 0 Å². The van der Waals surface area contributed by atoms with Crippen molar-refractivity contribution < 1.29 is 13.9 Å². The van der Waals surface area contributed by atoms with E-state index in [9.17, 15) is 9.18 Å². The van der Waals surface area contributed by atoms with Crippen molar-refractivity contribution in [3.05, 3.63) is 60.0 Å². The van der Waals surface area contributed by atoms with Crippen molar-refractivity contribution in [1.29, 1.82) is 0 Å². The largest absolute Gasteiger partial charge is 0.378 e. The van der Waals surface area contributed by atoms with Crippen LogP contribution < -0.4 is 15.5 Å². The smallest absolute Gasteiger partial charge is 0.257 e. The second-order valence-corrected chi connectivity index (χ2v) is 5.99. The first-order valence-corrected chi connectivity index (χ1v) is 8.21. The first kappa shape index (κ1) is 15.7. The normalized spacial score (nSPS) is 18.2. The highest BCUT2D eigenvalue weighted by atomic mass is 19.1. The minimum Gasteiger partial charge on any atom is -0.378 e. The van der Waals surface area contributed by atoms with Gasteiger partial charge in [-0.25, -0.2) is 4.39 Å². The van der Waals surface area contributed by atoms with Crippen LogP contribution in [0.3, 0.4) is 0 Å². The maximum Gasteiger partial charge on any atom is 0.257 e. The zero-order chi connectivity index (χ0) is 17.2. The molecule has 0 aromatic heterocycles. The molecular formula is C19H18FN3O2. The van der Waals surface area contributed by atoms with Crippen LogP contribution in [0.5, 0.6) is 0 Å². The fourth-order valence-corrected chi connectivity index (χ4v) is 3.05. The summed E-state index contributed by atoms with van der Waals surface area (Å²) in [5.74, 6) is -0.603. The van der Waals surface area contributed by atoms with Gasteiger partial charge in [-0.1, -0.05) is 0 Å². The van der Waals surface area contributed by atoms with Crippen LogP contribution in [0.4, 0.5) is 21.5 Å². The second kappa shape index (κ2) is 6.57. The third-order valence-corrected chi connectivity index (χ3v) is 4.39. The van der Waals surface area contributed by atoms with E-state index in [0.717, 1.165) is 37.7 Å². The Morgan fingerprint density at radius 1 is 1.12 bits per heavy atom. The van der Waals surface area contributed by atoms with Crippen LogP contribution in [-0.2, 0) is 9.53 Å². The molecule has 4 rings (SSSR count). The summed E-state index contributed by atoms with van der Waals surface area (Å²) in [6, 6.07) is 12.3. The third kappa shape index (κ3) is 3.21. The Morgan fingerprint density at radius 3 is 2.64 bits per heavy atom. The number of halogens is 1. The highest BCUT2D eigenvalue weighted by Gasteiger charge is 2.24. The average Bonchev–Trinajstić information content (AvgIpc) is 2.96. The number of carbonyl (C=O) groups is 1. The van der Waals surface area contributed by atoms with Crippen molar-refractivity contribution in [3.8, 4) is 0 Å². The lowest BCUT2D eigenvalue weighted by Gasteiger charge is -2.28. The van der Waals surface area contributed by atoms with Crippen LogP contribution in [-0.4, -0.2) is 32.2 Å². The van der Waals surface area contributed by atoms with Gasteiger partial charge in [0.05, 0.1) is 18.8 Å². The summed E-state index contributed by atoms with van der Waals surface area (Å²) in [6.45, 7) is 3.27. The molecule has 25 heavy (non-hydrogen) atoms. The number of carbonyl (C=O) groups excluding carboxylic acids is 1. The molecule has 2 heterocycles. The quantitative estimate of drug-likeness (QED) is 0.844. The van der Waals surface area contributed by atoms with Gasteiger partial charge in [-0.15, -0.1) is 0 Å². The van der Waals surface area contributed by atoms with Crippen molar-refractivity contribution in [2.24, 2.45) is 0 Å². The molecule has 0 spiro atoms. The maximum absolute atomic E-state index is 13.4. The monoisotopic (exact) mass is 339 g/mol. The summed E-state index contributed by atoms with van der Waals surface area (Å²) in [7, 11) is 0. The summed E-state index contributed by atoms with van der Waals surface area (Å²) in [6.07, 6.45) is 1.62. The lowest BCUT2D eigenvalue weighted by molar-refractivity contribution is -0.110. The van der Waals surface area contributed by atoms with Gasteiger partial charge in [0.2, 0.25) is 0 Å². The Morgan fingerprint density at radius 2 is 1.88 bits per heavy atom. The van der Waals surface area contributed by atoms with Crippen LogP contribution in [0, 0.1) is 5.82 Å². The molecular weight excluding hydrogens is 321 g/mol. The van der Waals surface area contributed by atoms with E-state index in [0.29, 0.717) is 16.8 Å². The average molecular weight is 339 g/mol. The highest BCUT2D eigenvalue weighted by molar-refractivity contribution is 6.31. The molecule has 1 fully saturated rings. The number of hydrogen-bond donors (Lipinski definition) is 2. The van der Waals surface area contributed by atoms with E-state index in [2.05, 4.69) is 15.5 Å². The SMILES string of the molecule is O=C1Nc2ccc(F)cc2C1=CNc1ccc(N2CCOCC2)cc1. The van der Waals surface area contributed by atoms with Crippen LogP contribution in [0.15, 0.2) is 48.7 Å². The van der Waals surface area contributed by atoms with Crippen molar-refractivity contribution in [2.45, 2.75) is 0 Å². The van der Waals surface area contributed by atoms with Gasteiger partial charge in [0.25, 0.3) is 5.91 Å². The third-order valence-electron chi connectivity index (χ3n) is 4.39. The minimum absolute atomic E-state index is 0.238. The molecule has 0 atom stereocenters. The standard InChI is InChI=1S/C19H18FN3O2/c20-13-1-6-18-16(11-13)17(19(24)22-18)12-21-14-2-4-15(5-3-14)23-7-9-25-10-8-23/h1-6,11-12,21H,7-10H2,(H,22,24). The van der Waals surface area contributed by atoms with E-state index in [-0.39, 0.29) is 11.7 Å². The van der Waals surface area contributed by atoms with Crippen molar-refractivity contribution >= 4 is 28.5 Å². The van der Waals surface area contributed by atoms with Gasteiger partial charge in [-0.05, 0) is 42.5 Å². The van der Waals surface area contributed by atoms with E-state index in [4.69, 9.17) is 4.74 Å². The Bertz CT molecular complexity index is 827. The van der Waals surface area contributed by atoms with Crippen molar-refractivity contribution in [3.63, 3.8) is 0 Å². The van der Waals surface area contributed by atoms with Gasteiger partial charge in [-0.2, -0.15) is 0 Å². The molecule has 0 aliphatic carbocycles. The van der Waals surface area contributed by atoms with E-state index in [1.807, 2.05) is 24.3 Å². The predicted molar refractivity (Wildman–Crippen MR) is 96.1 cm³/mol. The Hall–Kier alpha value is -2.86. The van der Waals surface area contributed by atoms with Crippen molar-refractivity contribution in [1.82, 2.24) is 0 Å². The lowest BCUT2D eigenvalue weighted by Crippen LogP contribution is -2.36. The van der Waals surface area contributed by atoms with Crippen LogP contribution in [0.1, 0.15) is 5.56 Å². The number of rotatable bonds is 3. The lowest BCUT2D eigenvalue weighted by atomic mass is 10.1.